The van der Waals surface area contributed by atoms with Gasteiger partial charge in [-0.05, 0) is 13.3 Å². The Kier molecular flexibility index (Phi) is 2.68. The highest BCUT2D eigenvalue weighted by molar-refractivity contribution is 7.13. The van der Waals surface area contributed by atoms with E-state index in [9.17, 15) is 0 Å². The minimum Gasteiger partial charge on any atom is -0.308 e. The summed E-state index contributed by atoms with van der Waals surface area (Å²) in [6.45, 7) is 6.10. The van der Waals surface area contributed by atoms with Crippen LogP contribution >= 0.6 is 11.3 Å². The van der Waals surface area contributed by atoms with Crippen LogP contribution < -0.4 is 5.32 Å². The van der Waals surface area contributed by atoms with Crippen LogP contribution in [0.15, 0.2) is 5.51 Å². The molecule has 5 nitrogen and oxygen atoms in total. The second-order valence-corrected chi connectivity index (χ2v) is 5.07. The number of hydrogen-bond donors (Lipinski definition) is 1. The molecule has 0 saturated carbocycles. The molecule has 2 aromatic rings. The SMILES string of the molecule is CCC1NCCn2c(-c3scnc3C)nnc21. The summed E-state index contributed by atoms with van der Waals surface area (Å²) in [5.74, 6) is 2.03. The van der Waals surface area contributed by atoms with E-state index in [0.717, 1.165) is 41.7 Å². The molecule has 0 radical (unpaired) electrons. The van der Waals surface area contributed by atoms with Crippen LogP contribution in [0.1, 0.15) is 30.9 Å². The van der Waals surface area contributed by atoms with Crippen LogP contribution in [-0.4, -0.2) is 26.3 Å². The molecule has 2 aromatic heterocycles. The maximum absolute atomic E-state index is 4.34. The second-order valence-electron chi connectivity index (χ2n) is 4.22. The summed E-state index contributed by atoms with van der Waals surface area (Å²) in [7, 11) is 0. The van der Waals surface area contributed by atoms with Gasteiger partial charge in [-0.25, -0.2) is 4.98 Å². The summed E-state index contributed by atoms with van der Waals surface area (Å²) in [6, 6.07) is 0.332. The van der Waals surface area contributed by atoms with Crippen molar-refractivity contribution in [2.75, 3.05) is 6.54 Å². The number of aryl methyl sites for hydroxylation is 1. The lowest BCUT2D eigenvalue weighted by Crippen LogP contribution is -2.33. The largest absolute Gasteiger partial charge is 0.308 e. The van der Waals surface area contributed by atoms with Crippen molar-refractivity contribution in [3.63, 3.8) is 0 Å². The zero-order valence-corrected chi connectivity index (χ0v) is 10.8. The van der Waals surface area contributed by atoms with Crippen molar-refractivity contribution in [1.82, 2.24) is 25.1 Å². The third kappa shape index (κ3) is 1.68. The van der Waals surface area contributed by atoms with Gasteiger partial charge < -0.3 is 9.88 Å². The van der Waals surface area contributed by atoms with E-state index in [1.165, 1.54) is 0 Å². The lowest BCUT2D eigenvalue weighted by Gasteiger charge is -2.23. The lowest BCUT2D eigenvalue weighted by molar-refractivity contribution is 0.407. The van der Waals surface area contributed by atoms with Gasteiger partial charge in [-0.3, -0.25) is 0 Å². The van der Waals surface area contributed by atoms with E-state index in [1.54, 1.807) is 11.3 Å². The second kappa shape index (κ2) is 4.19. The summed E-state index contributed by atoms with van der Waals surface area (Å²) < 4.78 is 2.23. The maximum Gasteiger partial charge on any atom is 0.176 e. The van der Waals surface area contributed by atoms with E-state index in [4.69, 9.17) is 0 Å². The summed E-state index contributed by atoms with van der Waals surface area (Å²) in [5.41, 5.74) is 2.90. The van der Waals surface area contributed by atoms with E-state index in [2.05, 4.69) is 32.0 Å². The van der Waals surface area contributed by atoms with Crippen LogP contribution in [0.2, 0.25) is 0 Å². The zero-order valence-electron chi connectivity index (χ0n) is 9.97. The number of hydrogen-bond acceptors (Lipinski definition) is 5. The quantitative estimate of drug-likeness (QED) is 0.881. The van der Waals surface area contributed by atoms with Gasteiger partial charge in [0, 0.05) is 13.1 Å². The van der Waals surface area contributed by atoms with Gasteiger partial charge in [0.15, 0.2) is 11.6 Å². The van der Waals surface area contributed by atoms with Gasteiger partial charge in [-0.1, -0.05) is 6.92 Å². The lowest BCUT2D eigenvalue weighted by atomic mass is 10.2. The molecule has 1 aliphatic rings. The van der Waals surface area contributed by atoms with Crippen LogP contribution in [-0.2, 0) is 6.54 Å². The highest BCUT2D eigenvalue weighted by Gasteiger charge is 2.25. The fourth-order valence-electron chi connectivity index (χ4n) is 2.25. The van der Waals surface area contributed by atoms with Gasteiger partial charge in [0.05, 0.1) is 22.1 Å². The Hall–Kier alpha value is -1.27. The summed E-state index contributed by atoms with van der Waals surface area (Å²) in [6.07, 6.45) is 1.04. The van der Waals surface area contributed by atoms with Crippen molar-refractivity contribution in [3.8, 4) is 10.7 Å². The predicted molar refractivity (Wildman–Crippen MR) is 66.9 cm³/mol. The number of thiazole rings is 1. The fourth-order valence-corrected chi connectivity index (χ4v) is 3.04. The van der Waals surface area contributed by atoms with E-state index < -0.39 is 0 Å². The molecular weight excluding hydrogens is 234 g/mol. The molecule has 1 unspecified atom stereocenters. The normalized spacial score (nSPS) is 19.3. The molecule has 1 aliphatic heterocycles. The molecule has 0 spiro atoms. The Morgan fingerprint density at radius 1 is 1.53 bits per heavy atom. The first-order valence-electron chi connectivity index (χ1n) is 5.88. The highest BCUT2D eigenvalue weighted by atomic mass is 32.1. The van der Waals surface area contributed by atoms with Crippen molar-refractivity contribution in [2.45, 2.75) is 32.9 Å². The molecule has 0 fully saturated rings. The van der Waals surface area contributed by atoms with Gasteiger partial charge in [-0.2, -0.15) is 0 Å². The van der Waals surface area contributed by atoms with Crippen LogP contribution in [0, 0.1) is 6.92 Å². The number of nitrogens with one attached hydrogen (secondary N) is 1. The third-order valence-corrected chi connectivity index (χ3v) is 4.10. The molecule has 6 heteroatoms. The molecule has 0 saturated heterocycles. The number of aromatic nitrogens is 4. The fraction of sp³-hybridized carbons (Fsp3) is 0.545. The van der Waals surface area contributed by atoms with Gasteiger partial charge in [0.2, 0.25) is 0 Å². The number of rotatable bonds is 2. The molecule has 17 heavy (non-hydrogen) atoms. The monoisotopic (exact) mass is 249 g/mol. The molecule has 3 heterocycles. The molecule has 1 N–H and O–H groups in total. The van der Waals surface area contributed by atoms with E-state index in [-0.39, 0.29) is 0 Å². The Morgan fingerprint density at radius 2 is 2.41 bits per heavy atom. The number of nitrogens with zero attached hydrogens (tertiary/aromatic N) is 4. The van der Waals surface area contributed by atoms with Gasteiger partial charge >= 0.3 is 0 Å². The average molecular weight is 249 g/mol. The Labute approximate surface area is 104 Å². The Balaban J connectivity index is 2.09. The van der Waals surface area contributed by atoms with Gasteiger partial charge in [0.25, 0.3) is 0 Å². The van der Waals surface area contributed by atoms with Crippen molar-refractivity contribution in [3.05, 3.63) is 17.0 Å². The minimum atomic E-state index is 0.332. The Bertz CT molecular complexity index is 530. The highest BCUT2D eigenvalue weighted by Crippen LogP contribution is 2.29. The van der Waals surface area contributed by atoms with Gasteiger partial charge in [0.1, 0.15) is 0 Å². The van der Waals surface area contributed by atoms with Crippen molar-refractivity contribution in [1.29, 1.82) is 0 Å². The molecule has 0 aliphatic carbocycles. The zero-order chi connectivity index (χ0) is 11.8. The molecule has 0 aromatic carbocycles. The van der Waals surface area contributed by atoms with Crippen LogP contribution in [0.25, 0.3) is 10.7 Å². The van der Waals surface area contributed by atoms with Crippen LogP contribution in [0.5, 0.6) is 0 Å². The molecular formula is C11H15N5S. The van der Waals surface area contributed by atoms with Crippen LogP contribution in [0.3, 0.4) is 0 Å². The van der Waals surface area contributed by atoms with Crippen molar-refractivity contribution >= 4 is 11.3 Å². The van der Waals surface area contributed by atoms with Crippen LogP contribution in [0.4, 0.5) is 0 Å². The van der Waals surface area contributed by atoms with E-state index in [1.807, 2.05) is 12.4 Å². The summed E-state index contributed by atoms with van der Waals surface area (Å²) in [5, 5.41) is 12.1. The topological polar surface area (TPSA) is 55.6 Å². The maximum atomic E-state index is 4.34. The standard InChI is InChI=1S/C11H15N5S/c1-3-8-10-14-15-11(16(10)5-4-12-8)9-7(2)13-6-17-9/h6,8,12H,3-5H2,1-2H3. The first-order chi connectivity index (χ1) is 8.31. The van der Waals surface area contributed by atoms with E-state index in [0.29, 0.717) is 6.04 Å². The summed E-state index contributed by atoms with van der Waals surface area (Å²) in [4.78, 5) is 5.42. The predicted octanol–water partition coefficient (Wildman–Crippen LogP) is 1.76. The molecule has 3 rings (SSSR count). The molecule has 0 amide bonds. The average Bonchev–Trinajstić information content (AvgIpc) is 2.94. The minimum absolute atomic E-state index is 0.332. The molecule has 1 atom stereocenters. The third-order valence-electron chi connectivity index (χ3n) is 3.17. The summed E-state index contributed by atoms with van der Waals surface area (Å²) >= 11 is 1.63. The van der Waals surface area contributed by atoms with Crippen molar-refractivity contribution in [2.24, 2.45) is 0 Å². The molecule has 90 valence electrons. The molecule has 0 bridgehead atoms. The first kappa shape index (κ1) is 10.9. The Morgan fingerprint density at radius 3 is 3.12 bits per heavy atom. The van der Waals surface area contributed by atoms with Gasteiger partial charge in [-0.15, -0.1) is 21.5 Å². The number of fused-ring (bicyclic) bond motifs is 1. The van der Waals surface area contributed by atoms with Crippen molar-refractivity contribution < 1.29 is 0 Å². The first-order valence-corrected chi connectivity index (χ1v) is 6.76. The van der Waals surface area contributed by atoms with E-state index >= 15 is 0 Å². The smallest absolute Gasteiger partial charge is 0.176 e.